The molecule has 1 N–H and O–H groups in total. The molecule has 224 valence electrons. The van der Waals surface area contributed by atoms with Gasteiger partial charge in [0.15, 0.2) is 5.78 Å². The Morgan fingerprint density at radius 2 is 1.24 bits per heavy atom. The average Bonchev–Trinajstić information content (AvgIpc) is 3.07. The second-order valence-electron chi connectivity index (χ2n) is 11.1. The summed E-state index contributed by atoms with van der Waals surface area (Å²) in [5.74, 6) is -2.34. The SMILES string of the molecule is O=C(CC(Cc1ccccc1)C(=O)O)c1cccc(N(Cc2ccc3ccccc3c2)S(=O)(=O)c2ccc3ccccc3c2)c1. The number of carboxylic acid groups (broad SMARTS) is 1. The molecule has 6 nitrogen and oxygen atoms in total. The molecule has 6 aromatic rings. The van der Waals surface area contributed by atoms with Crippen molar-refractivity contribution in [2.75, 3.05) is 4.31 Å². The van der Waals surface area contributed by atoms with Gasteiger partial charge in [-0.2, -0.15) is 0 Å². The summed E-state index contributed by atoms with van der Waals surface area (Å²) in [7, 11) is -4.09. The van der Waals surface area contributed by atoms with E-state index in [1.165, 1.54) is 4.31 Å². The summed E-state index contributed by atoms with van der Waals surface area (Å²) >= 11 is 0. The average molecular weight is 614 g/mol. The van der Waals surface area contributed by atoms with Crippen molar-refractivity contribution in [3.8, 4) is 0 Å². The Morgan fingerprint density at radius 1 is 0.622 bits per heavy atom. The van der Waals surface area contributed by atoms with Gasteiger partial charge in [-0.3, -0.25) is 13.9 Å². The molecule has 0 radical (unpaired) electrons. The van der Waals surface area contributed by atoms with Crippen molar-refractivity contribution in [3.05, 3.63) is 156 Å². The van der Waals surface area contributed by atoms with Crippen LogP contribution in [0.3, 0.4) is 0 Å². The molecule has 6 rings (SSSR count). The van der Waals surface area contributed by atoms with Crippen LogP contribution in [-0.4, -0.2) is 25.3 Å². The van der Waals surface area contributed by atoms with Crippen molar-refractivity contribution in [1.29, 1.82) is 0 Å². The molecule has 0 amide bonds. The highest BCUT2D eigenvalue weighted by Gasteiger charge is 2.28. The molecular formula is C38H31NO5S. The third kappa shape index (κ3) is 6.64. The predicted molar refractivity (Wildman–Crippen MR) is 178 cm³/mol. The first kappa shape index (κ1) is 29.8. The summed E-state index contributed by atoms with van der Waals surface area (Å²) in [6, 6.07) is 42.0. The Labute approximate surface area is 262 Å². The van der Waals surface area contributed by atoms with Crippen LogP contribution in [0.4, 0.5) is 5.69 Å². The summed E-state index contributed by atoms with van der Waals surface area (Å²) in [5.41, 5.74) is 2.18. The zero-order valence-electron chi connectivity index (χ0n) is 24.4. The highest BCUT2D eigenvalue weighted by atomic mass is 32.2. The number of benzene rings is 6. The Kier molecular flexibility index (Phi) is 8.45. The van der Waals surface area contributed by atoms with Crippen LogP contribution in [-0.2, 0) is 27.8 Å². The van der Waals surface area contributed by atoms with Crippen molar-refractivity contribution in [2.24, 2.45) is 5.92 Å². The summed E-state index contributed by atoms with van der Waals surface area (Å²) in [6.45, 7) is 0.0311. The number of hydrogen-bond acceptors (Lipinski definition) is 4. The van der Waals surface area contributed by atoms with Gasteiger partial charge in [0.2, 0.25) is 0 Å². The molecule has 6 aromatic carbocycles. The van der Waals surface area contributed by atoms with Crippen LogP contribution in [0.25, 0.3) is 21.5 Å². The number of nitrogens with zero attached hydrogens (tertiary/aromatic N) is 1. The highest BCUT2D eigenvalue weighted by molar-refractivity contribution is 7.92. The number of aliphatic carboxylic acids is 1. The van der Waals surface area contributed by atoms with E-state index in [1.807, 2.05) is 97.1 Å². The van der Waals surface area contributed by atoms with Gasteiger partial charge >= 0.3 is 5.97 Å². The van der Waals surface area contributed by atoms with E-state index < -0.39 is 21.9 Å². The molecule has 0 aromatic heterocycles. The van der Waals surface area contributed by atoms with Gasteiger partial charge in [0.1, 0.15) is 0 Å². The number of ketones is 1. The molecule has 7 heteroatoms. The number of anilines is 1. The van der Waals surface area contributed by atoms with E-state index in [1.54, 1.807) is 42.5 Å². The van der Waals surface area contributed by atoms with Crippen molar-refractivity contribution in [3.63, 3.8) is 0 Å². The van der Waals surface area contributed by atoms with Crippen molar-refractivity contribution < 1.29 is 23.1 Å². The number of rotatable bonds is 11. The second kappa shape index (κ2) is 12.8. The first-order valence-corrected chi connectivity index (χ1v) is 16.1. The van der Waals surface area contributed by atoms with Gasteiger partial charge in [-0.05, 0) is 69.4 Å². The van der Waals surface area contributed by atoms with Gasteiger partial charge in [0.25, 0.3) is 10.0 Å². The van der Waals surface area contributed by atoms with Crippen LogP contribution in [0.2, 0.25) is 0 Å². The van der Waals surface area contributed by atoms with Crippen LogP contribution < -0.4 is 4.31 Å². The van der Waals surface area contributed by atoms with Gasteiger partial charge < -0.3 is 5.11 Å². The minimum absolute atomic E-state index is 0.0311. The number of carbonyl (C=O) groups excluding carboxylic acids is 1. The highest BCUT2D eigenvalue weighted by Crippen LogP contribution is 2.30. The normalized spacial score (nSPS) is 12.2. The quantitative estimate of drug-likeness (QED) is 0.150. The number of carboxylic acids is 1. The van der Waals surface area contributed by atoms with E-state index in [4.69, 9.17) is 0 Å². The molecule has 0 bridgehead atoms. The predicted octanol–water partition coefficient (Wildman–Crippen LogP) is 7.90. The van der Waals surface area contributed by atoms with Gasteiger partial charge in [-0.15, -0.1) is 0 Å². The topological polar surface area (TPSA) is 91.8 Å². The molecule has 0 saturated heterocycles. The molecule has 0 saturated carbocycles. The maximum atomic E-state index is 14.4. The first-order valence-electron chi connectivity index (χ1n) is 14.7. The fourth-order valence-electron chi connectivity index (χ4n) is 5.59. The Balaban J connectivity index is 1.37. The van der Waals surface area contributed by atoms with E-state index in [-0.39, 0.29) is 35.6 Å². The third-order valence-electron chi connectivity index (χ3n) is 8.01. The summed E-state index contributed by atoms with van der Waals surface area (Å²) in [5, 5.41) is 13.6. The van der Waals surface area contributed by atoms with E-state index in [9.17, 15) is 23.1 Å². The van der Waals surface area contributed by atoms with E-state index in [0.717, 1.165) is 32.7 Å². The smallest absolute Gasteiger partial charge is 0.307 e. The van der Waals surface area contributed by atoms with Crippen molar-refractivity contribution >= 4 is 49.0 Å². The maximum absolute atomic E-state index is 14.4. The van der Waals surface area contributed by atoms with Crippen LogP contribution in [0, 0.1) is 5.92 Å². The largest absolute Gasteiger partial charge is 0.481 e. The fourth-order valence-corrected chi connectivity index (χ4v) is 7.08. The monoisotopic (exact) mass is 613 g/mol. The molecule has 0 fully saturated rings. The lowest BCUT2D eigenvalue weighted by Crippen LogP contribution is -2.31. The summed E-state index contributed by atoms with van der Waals surface area (Å²) in [6.07, 6.45) is 0.00180. The van der Waals surface area contributed by atoms with Crippen molar-refractivity contribution in [2.45, 2.75) is 24.3 Å². The molecule has 0 aliphatic rings. The minimum Gasteiger partial charge on any atom is -0.481 e. The van der Waals surface area contributed by atoms with Crippen molar-refractivity contribution in [1.82, 2.24) is 0 Å². The van der Waals surface area contributed by atoms with Gasteiger partial charge in [-0.25, -0.2) is 8.42 Å². The zero-order valence-corrected chi connectivity index (χ0v) is 25.2. The Morgan fingerprint density at radius 3 is 1.93 bits per heavy atom. The number of carbonyl (C=O) groups is 2. The summed E-state index contributed by atoms with van der Waals surface area (Å²) < 4.78 is 30.0. The lowest BCUT2D eigenvalue weighted by atomic mass is 9.92. The summed E-state index contributed by atoms with van der Waals surface area (Å²) in [4.78, 5) is 25.7. The lowest BCUT2D eigenvalue weighted by Gasteiger charge is -2.25. The molecule has 0 aliphatic carbocycles. The van der Waals surface area contributed by atoms with E-state index in [2.05, 4.69) is 0 Å². The molecule has 0 aliphatic heterocycles. The molecule has 45 heavy (non-hydrogen) atoms. The number of hydrogen-bond donors (Lipinski definition) is 1. The van der Waals surface area contributed by atoms with E-state index >= 15 is 0 Å². The second-order valence-corrected chi connectivity index (χ2v) is 13.0. The van der Waals surface area contributed by atoms with Gasteiger partial charge in [0.05, 0.1) is 23.0 Å². The molecule has 1 atom stereocenters. The number of Topliss-reactive ketones (excluding diaryl/α,β-unsaturated/α-hetero) is 1. The minimum atomic E-state index is -4.09. The molecule has 0 heterocycles. The molecular weight excluding hydrogens is 582 g/mol. The molecule has 0 spiro atoms. The maximum Gasteiger partial charge on any atom is 0.307 e. The van der Waals surface area contributed by atoms with Gasteiger partial charge in [0, 0.05) is 12.0 Å². The molecule has 1 unspecified atom stereocenters. The van der Waals surface area contributed by atoms with E-state index in [0.29, 0.717) is 5.69 Å². The fraction of sp³-hybridized carbons (Fsp3) is 0.105. The lowest BCUT2D eigenvalue weighted by molar-refractivity contribution is -0.141. The van der Waals surface area contributed by atoms with Gasteiger partial charge in [-0.1, -0.05) is 109 Å². The number of sulfonamides is 1. The Hall–Kier alpha value is -5.27. The van der Waals surface area contributed by atoms with Crippen LogP contribution in [0.1, 0.15) is 27.9 Å². The Bertz CT molecular complexity index is 2130. The van der Waals surface area contributed by atoms with Crippen LogP contribution in [0.5, 0.6) is 0 Å². The van der Waals surface area contributed by atoms with Crippen LogP contribution in [0.15, 0.2) is 144 Å². The standard InChI is InChI=1S/C38H31NO5S/c40-37(25-34(38(41)42)21-27-9-2-1-3-10-27)33-15-8-16-35(23-33)39(26-28-17-18-29-11-4-6-13-31(29)22-28)45(43,44)36-20-19-30-12-5-7-14-32(30)24-36/h1-20,22-24,34H,21,25-26H2,(H,41,42). The third-order valence-corrected chi connectivity index (χ3v) is 9.78. The van der Waals surface area contributed by atoms with Crippen LogP contribution >= 0.6 is 0 Å². The number of fused-ring (bicyclic) bond motifs is 2. The first-order chi connectivity index (χ1) is 21.8. The zero-order chi connectivity index (χ0) is 31.4.